The molecule has 0 saturated heterocycles. The van der Waals surface area contributed by atoms with Crippen LogP contribution in [0.4, 0.5) is 0 Å². The molecular weight excluding hydrogens is 154 g/mol. The third kappa shape index (κ3) is 2.13. The van der Waals surface area contributed by atoms with E-state index in [0.29, 0.717) is 12.3 Å². The third-order valence-electron chi connectivity index (χ3n) is 1.45. The lowest BCUT2D eigenvalue weighted by Crippen LogP contribution is -2.06. The van der Waals surface area contributed by atoms with Gasteiger partial charge in [0.15, 0.2) is 12.4 Å². The number of hydrogen-bond donors (Lipinski definition) is 0. The fraction of sp³-hybridized carbons (Fsp3) is 0.333. The van der Waals surface area contributed by atoms with E-state index >= 15 is 0 Å². The van der Waals surface area contributed by atoms with Crippen molar-refractivity contribution in [3.05, 3.63) is 30.1 Å². The first kappa shape index (κ1) is 8.87. The highest BCUT2D eigenvalue weighted by molar-refractivity contribution is 5.58. The van der Waals surface area contributed by atoms with Crippen LogP contribution in [-0.2, 0) is 9.53 Å². The molecular formula is C9H11NO2. The van der Waals surface area contributed by atoms with Gasteiger partial charge in [0.2, 0.25) is 0 Å². The van der Waals surface area contributed by atoms with Crippen molar-refractivity contribution >= 4 is 6.29 Å². The number of nitrogens with zero attached hydrogens (tertiary/aromatic N) is 1. The number of aldehydes is 1. The van der Waals surface area contributed by atoms with Crippen molar-refractivity contribution in [2.45, 2.75) is 13.0 Å². The molecule has 0 aliphatic heterocycles. The fourth-order valence-corrected chi connectivity index (χ4v) is 0.918. The summed E-state index contributed by atoms with van der Waals surface area (Å²) in [4.78, 5) is 14.5. The molecule has 0 fully saturated rings. The minimum absolute atomic E-state index is 0.514. The second-order valence-electron chi connectivity index (χ2n) is 2.27. The Morgan fingerprint density at radius 3 is 3.00 bits per heavy atom. The molecule has 0 spiro atoms. The van der Waals surface area contributed by atoms with Gasteiger partial charge in [0.1, 0.15) is 0 Å². The molecule has 1 aromatic heterocycles. The van der Waals surface area contributed by atoms with Gasteiger partial charge in [-0.15, -0.1) is 0 Å². The van der Waals surface area contributed by atoms with Gasteiger partial charge in [0.25, 0.3) is 0 Å². The van der Waals surface area contributed by atoms with E-state index in [4.69, 9.17) is 4.74 Å². The third-order valence-corrected chi connectivity index (χ3v) is 1.45. The van der Waals surface area contributed by atoms with Gasteiger partial charge < -0.3 is 4.74 Å². The topological polar surface area (TPSA) is 39.2 Å². The molecule has 0 aliphatic rings. The van der Waals surface area contributed by atoms with Crippen LogP contribution in [0.2, 0.25) is 0 Å². The quantitative estimate of drug-likeness (QED) is 0.632. The van der Waals surface area contributed by atoms with Gasteiger partial charge in [0, 0.05) is 12.8 Å². The van der Waals surface area contributed by atoms with E-state index in [1.165, 1.54) is 0 Å². The van der Waals surface area contributed by atoms with E-state index < -0.39 is 6.10 Å². The highest BCUT2D eigenvalue weighted by Gasteiger charge is 2.09. The van der Waals surface area contributed by atoms with Crippen LogP contribution in [0.15, 0.2) is 24.4 Å². The van der Waals surface area contributed by atoms with Crippen LogP contribution < -0.4 is 0 Å². The number of rotatable bonds is 4. The summed E-state index contributed by atoms with van der Waals surface area (Å²) in [5.74, 6) is 0. The monoisotopic (exact) mass is 165 g/mol. The van der Waals surface area contributed by atoms with Gasteiger partial charge in [-0.25, -0.2) is 0 Å². The molecule has 1 rings (SSSR count). The molecule has 1 unspecified atom stereocenters. The molecule has 1 aromatic rings. The lowest BCUT2D eigenvalue weighted by atomic mass is 10.2. The summed E-state index contributed by atoms with van der Waals surface area (Å²) in [5, 5.41) is 0. The summed E-state index contributed by atoms with van der Waals surface area (Å²) >= 11 is 0. The zero-order chi connectivity index (χ0) is 8.81. The predicted molar refractivity (Wildman–Crippen MR) is 44.7 cm³/mol. The number of carbonyl (C=O) groups excluding carboxylic acids is 1. The Labute approximate surface area is 71.4 Å². The lowest BCUT2D eigenvalue weighted by Gasteiger charge is -2.08. The summed E-state index contributed by atoms with van der Waals surface area (Å²) in [5.41, 5.74) is 0.661. The summed E-state index contributed by atoms with van der Waals surface area (Å²) in [6.07, 6.45) is 1.88. The fourth-order valence-electron chi connectivity index (χ4n) is 0.918. The zero-order valence-corrected chi connectivity index (χ0v) is 6.93. The van der Waals surface area contributed by atoms with Crippen LogP contribution in [0.1, 0.15) is 18.7 Å². The molecule has 0 bridgehead atoms. The molecule has 0 radical (unpaired) electrons. The minimum Gasteiger partial charge on any atom is -0.365 e. The first-order chi connectivity index (χ1) is 5.88. The Morgan fingerprint density at radius 1 is 1.67 bits per heavy atom. The van der Waals surface area contributed by atoms with E-state index in [-0.39, 0.29) is 0 Å². The highest BCUT2D eigenvalue weighted by atomic mass is 16.5. The average molecular weight is 165 g/mol. The van der Waals surface area contributed by atoms with Crippen molar-refractivity contribution < 1.29 is 9.53 Å². The van der Waals surface area contributed by atoms with Crippen LogP contribution in [0.5, 0.6) is 0 Å². The van der Waals surface area contributed by atoms with E-state index in [2.05, 4.69) is 4.98 Å². The second kappa shape index (κ2) is 4.62. The predicted octanol–water partition coefficient (Wildman–Crippen LogP) is 1.36. The Bertz CT molecular complexity index is 236. The van der Waals surface area contributed by atoms with Crippen LogP contribution in [0.3, 0.4) is 0 Å². The zero-order valence-electron chi connectivity index (χ0n) is 6.93. The summed E-state index contributed by atoms with van der Waals surface area (Å²) in [7, 11) is 0. The van der Waals surface area contributed by atoms with Crippen LogP contribution in [0.25, 0.3) is 0 Å². The van der Waals surface area contributed by atoms with Crippen LogP contribution >= 0.6 is 0 Å². The summed E-state index contributed by atoms with van der Waals surface area (Å²) in [6.45, 7) is 2.36. The SMILES string of the molecule is CCOC(C=O)c1ccccn1. The maximum Gasteiger partial charge on any atom is 0.154 e. The summed E-state index contributed by atoms with van der Waals surface area (Å²) in [6, 6.07) is 5.41. The van der Waals surface area contributed by atoms with Crippen LogP contribution in [0, 0.1) is 0 Å². The van der Waals surface area contributed by atoms with Gasteiger partial charge >= 0.3 is 0 Å². The van der Waals surface area contributed by atoms with Gasteiger partial charge in [0.05, 0.1) is 5.69 Å². The van der Waals surface area contributed by atoms with E-state index in [0.717, 1.165) is 6.29 Å². The molecule has 64 valence electrons. The first-order valence-electron chi connectivity index (χ1n) is 3.86. The number of pyridine rings is 1. The average Bonchev–Trinajstić information content (AvgIpc) is 2.15. The minimum atomic E-state index is -0.517. The van der Waals surface area contributed by atoms with Crippen LogP contribution in [-0.4, -0.2) is 17.9 Å². The molecule has 3 heteroatoms. The number of ether oxygens (including phenoxy) is 1. The van der Waals surface area contributed by atoms with E-state index in [1.54, 1.807) is 18.3 Å². The Balaban J connectivity index is 2.73. The smallest absolute Gasteiger partial charge is 0.154 e. The highest BCUT2D eigenvalue weighted by Crippen LogP contribution is 2.10. The Hall–Kier alpha value is -1.22. The second-order valence-corrected chi connectivity index (χ2v) is 2.27. The molecule has 1 heterocycles. The van der Waals surface area contributed by atoms with Crippen molar-refractivity contribution in [2.75, 3.05) is 6.61 Å². The van der Waals surface area contributed by atoms with Gasteiger partial charge in [-0.05, 0) is 19.1 Å². The standard InChI is InChI=1S/C9H11NO2/c1-2-12-9(7-11)8-5-3-4-6-10-8/h3-7,9H,2H2,1H3. The van der Waals surface area contributed by atoms with E-state index in [1.807, 2.05) is 13.0 Å². The number of hydrogen-bond acceptors (Lipinski definition) is 3. The molecule has 1 atom stereocenters. The molecule has 3 nitrogen and oxygen atoms in total. The Morgan fingerprint density at radius 2 is 2.50 bits per heavy atom. The first-order valence-corrected chi connectivity index (χ1v) is 3.86. The largest absolute Gasteiger partial charge is 0.365 e. The molecule has 0 N–H and O–H groups in total. The maximum absolute atomic E-state index is 10.5. The van der Waals surface area contributed by atoms with Crippen molar-refractivity contribution in [2.24, 2.45) is 0 Å². The van der Waals surface area contributed by atoms with Crippen molar-refractivity contribution in [1.82, 2.24) is 4.98 Å². The summed E-state index contributed by atoms with van der Waals surface area (Å²) < 4.78 is 5.15. The maximum atomic E-state index is 10.5. The number of carbonyl (C=O) groups is 1. The van der Waals surface area contributed by atoms with Crippen molar-refractivity contribution in [3.8, 4) is 0 Å². The van der Waals surface area contributed by atoms with Gasteiger partial charge in [-0.1, -0.05) is 6.07 Å². The van der Waals surface area contributed by atoms with Gasteiger partial charge in [-0.3, -0.25) is 9.78 Å². The lowest BCUT2D eigenvalue weighted by molar-refractivity contribution is -0.118. The molecule has 0 saturated carbocycles. The molecule has 0 aliphatic carbocycles. The molecule has 12 heavy (non-hydrogen) atoms. The molecule has 0 amide bonds. The number of aromatic nitrogens is 1. The van der Waals surface area contributed by atoms with Crippen molar-refractivity contribution in [1.29, 1.82) is 0 Å². The van der Waals surface area contributed by atoms with Gasteiger partial charge in [-0.2, -0.15) is 0 Å². The normalized spacial score (nSPS) is 12.4. The molecule has 0 aromatic carbocycles. The van der Waals surface area contributed by atoms with Crippen molar-refractivity contribution in [3.63, 3.8) is 0 Å². The Kier molecular flexibility index (Phi) is 3.41. The van der Waals surface area contributed by atoms with E-state index in [9.17, 15) is 4.79 Å².